The van der Waals surface area contributed by atoms with Crippen molar-refractivity contribution in [2.75, 3.05) is 11.9 Å². The Labute approximate surface area is 114 Å². The first-order valence-corrected chi connectivity index (χ1v) is 6.39. The van der Waals surface area contributed by atoms with Crippen molar-refractivity contribution in [1.29, 1.82) is 0 Å². The maximum atomic E-state index is 11.2. The lowest BCUT2D eigenvalue weighted by molar-refractivity contribution is 0.102. The molecule has 1 amide bonds. The Kier molecular flexibility index (Phi) is 5.17. The van der Waals surface area contributed by atoms with Gasteiger partial charge in [-0.1, -0.05) is 11.3 Å². The summed E-state index contributed by atoms with van der Waals surface area (Å²) in [6.45, 7) is 5.17. The predicted octanol–water partition coefficient (Wildman–Crippen LogP) is 2.10. The Balaban J connectivity index is 2.62. The first-order chi connectivity index (χ1) is 8.43. The van der Waals surface area contributed by atoms with Crippen LogP contribution >= 0.6 is 23.6 Å². The average Bonchev–Trinajstić information content (AvgIpc) is 2.59. The summed E-state index contributed by atoms with van der Waals surface area (Å²) in [5.41, 5.74) is 0.633. The standard InChI is InChI=1S/C10H13N3O3S2/c1-4-16-10(15)13-8(17)12-9-11-5(2)7(18-9)6(3)14/h4H2,1-3H3,(H2,11,12,13,15,17). The molecule has 0 aromatic carbocycles. The number of hydrogen-bond donors (Lipinski definition) is 2. The van der Waals surface area contributed by atoms with Crippen molar-refractivity contribution in [2.24, 2.45) is 0 Å². The van der Waals surface area contributed by atoms with E-state index in [1.807, 2.05) is 0 Å². The first-order valence-electron chi connectivity index (χ1n) is 5.17. The normalized spacial score (nSPS) is 9.72. The Morgan fingerprint density at radius 3 is 2.67 bits per heavy atom. The molecule has 6 nitrogen and oxygen atoms in total. The van der Waals surface area contributed by atoms with Gasteiger partial charge in [-0.3, -0.25) is 10.1 Å². The molecule has 98 valence electrons. The van der Waals surface area contributed by atoms with Crippen molar-refractivity contribution in [3.05, 3.63) is 10.6 Å². The minimum absolute atomic E-state index is 0.0534. The second-order valence-electron chi connectivity index (χ2n) is 3.29. The molecule has 1 heterocycles. The minimum atomic E-state index is -0.630. The van der Waals surface area contributed by atoms with Crippen molar-refractivity contribution in [3.8, 4) is 0 Å². The number of ether oxygens (including phenoxy) is 1. The van der Waals surface area contributed by atoms with E-state index in [4.69, 9.17) is 12.2 Å². The molecular formula is C10H13N3O3S2. The van der Waals surface area contributed by atoms with E-state index in [9.17, 15) is 9.59 Å². The molecule has 1 aromatic heterocycles. The second-order valence-corrected chi connectivity index (χ2v) is 4.70. The molecule has 0 radical (unpaired) electrons. The lowest BCUT2D eigenvalue weighted by atomic mass is 10.3. The lowest BCUT2D eigenvalue weighted by Crippen LogP contribution is -2.34. The van der Waals surface area contributed by atoms with Crippen LogP contribution in [0.15, 0.2) is 0 Å². The van der Waals surface area contributed by atoms with E-state index in [1.54, 1.807) is 13.8 Å². The summed E-state index contributed by atoms with van der Waals surface area (Å²) >= 11 is 6.09. The van der Waals surface area contributed by atoms with Crippen LogP contribution in [0.4, 0.5) is 9.93 Å². The van der Waals surface area contributed by atoms with Gasteiger partial charge in [0.2, 0.25) is 0 Å². The number of amides is 1. The van der Waals surface area contributed by atoms with Gasteiger partial charge < -0.3 is 10.1 Å². The molecule has 0 unspecified atom stereocenters. The zero-order valence-electron chi connectivity index (χ0n) is 10.2. The Morgan fingerprint density at radius 2 is 2.17 bits per heavy atom. The van der Waals surface area contributed by atoms with Crippen LogP contribution in [-0.4, -0.2) is 28.6 Å². The molecule has 18 heavy (non-hydrogen) atoms. The highest BCUT2D eigenvalue weighted by Gasteiger charge is 2.13. The van der Waals surface area contributed by atoms with Crippen LogP contribution < -0.4 is 10.6 Å². The number of thiazole rings is 1. The van der Waals surface area contributed by atoms with Gasteiger partial charge in [-0.05, 0) is 26.1 Å². The lowest BCUT2D eigenvalue weighted by Gasteiger charge is -2.06. The van der Waals surface area contributed by atoms with Gasteiger partial charge in [-0.15, -0.1) is 0 Å². The third-order valence-electron chi connectivity index (χ3n) is 1.83. The summed E-state index contributed by atoms with van der Waals surface area (Å²) < 4.78 is 4.67. The number of Topliss-reactive ketones (excluding diaryl/α,β-unsaturated/α-hetero) is 1. The van der Waals surface area contributed by atoms with E-state index >= 15 is 0 Å². The van der Waals surface area contributed by atoms with Crippen molar-refractivity contribution in [3.63, 3.8) is 0 Å². The molecule has 1 aromatic rings. The SMILES string of the molecule is CCOC(=O)NC(=S)Nc1nc(C)c(C(C)=O)s1. The minimum Gasteiger partial charge on any atom is -0.450 e. The van der Waals surface area contributed by atoms with Crippen LogP contribution in [-0.2, 0) is 4.74 Å². The monoisotopic (exact) mass is 287 g/mol. The number of anilines is 1. The van der Waals surface area contributed by atoms with Crippen LogP contribution in [0, 0.1) is 6.92 Å². The molecule has 1 rings (SSSR count). The van der Waals surface area contributed by atoms with Gasteiger partial charge in [-0.25, -0.2) is 9.78 Å². The summed E-state index contributed by atoms with van der Waals surface area (Å²) in [7, 11) is 0. The number of aromatic nitrogens is 1. The highest BCUT2D eigenvalue weighted by molar-refractivity contribution is 7.80. The van der Waals surface area contributed by atoms with E-state index in [1.165, 1.54) is 18.3 Å². The Morgan fingerprint density at radius 1 is 1.50 bits per heavy atom. The molecule has 2 N–H and O–H groups in total. The second kappa shape index (κ2) is 6.41. The number of nitrogens with zero attached hydrogens (tertiary/aromatic N) is 1. The molecule has 0 spiro atoms. The van der Waals surface area contributed by atoms with Gasteiger partial charge in [-0.2, -0.15) is 0 Å². The first kappa shape index (κ1) is 14.5. The van der Waals surface area contributed by atoms with Gasteiger partial charge in [0, 0.05) is 6.92 Å². The summed E-state index contributed by atoms with van der Waals surface area (Å²) in [5, 5.41) is 5.59. The predicted molar refractivity (Wildman–Crippen MR) is 73.2 cm³/mol. The van der Waals surface area contributed by atoms with E-state index in [2.05, 4.69) is 20.4 Å². The number of rotatable bonds is 3. The van der Waals surface area contributed by atoms with E-state index in [0.29, 0.717) is 15.7 Å². The van der Waals surface area contributed by atoms with Crippen LogP contribution in [0.1, 0.15) is 29.2 Å². The fourth-order valence-electron chi connectivity index (χ4n) is 1.16. The average molecular weight is 287 g/mol. The third-order valence-corrected chi connectivity index (χ3v) is 3.21. The quantitative estimate of drug-likeness (QED) is 0.654. The fraction of sp³-hybridized carbons (Fsp3) is 0.400. The number of hydrogen-bond acceptors (Lipinski definition) is 6. The molecule has 8 heteroatoms. The number of ketones is 1. The van der Waals surface area contributed by atoms with Crippen molar-refractivity contribution in [2.45, 2.75) is 20.8 Å². The maximum absolute atomic E-state index is 11.2. The number of alkyl carbamates (subject to hydrolysis) is 1. The van der Waals surface area contributed by atoms with Crippen LogP contribution in [0.25, 0.3) is 0 Å². The molecule has 0 aliphatic carbocycles. The van der Waals surface area contributed by atoms with Gasteiger partial charge in [0.15, 0.2) is 16.0 Å². The van der Waals surface area contributed by atoms with Crippen LogP contribution in [0.3, 0.4) is 0 Å². The molecular weight excluding hydrogens is 274 g/mol. The van der Waals surface area contributed by atoms with E-state index < -0.39 is 6.09 Å². The molecule has 0 aliphatic rings. The molecule has 0 saturated carbocycles. The topological polar surface area (TPSA) is 80.3 Å². The number of aryl methyl sites for hydroxylation is 1. The number of nitrogens with one attached hydrogen (secondary N) is 2. The highest BCUT2D eigenvalue weighted by atomic mass is 32.1. The number of carbonyl (C=O) groups excluding carboxylic acids is 2. The summed E-state index contributed by atoms with van der Waals surface area (Å²) in [4.78, 5) is 27.0. The summed E-state index contributed by atoms with van der Waals surface area (Å²) in [6.07, 6.45) is -0.630. The smallest absolute Gasteiger partial charge is 0.413 e. The molecule has 0 saturated heterocycles. The van der Waals surface area contributed by atoms with E-state index in [0.717, 1.165) is 0 Å². The zero-order chi connectivity index (χ0) is 13.7. The fourth-order valence-corrected chi connectivity index (χ4v) is 2.28. The van der Waals surface area contributed by atoms with Gasteiger partial charge in [0.05, 0.1) is 17.2 Å². The summed E-state index contributed by atoms with van der Waals surface area (Å²) in [6, 6.07) is 0. The van der Waals surface area contributed by atoms with E-state index in [-0.39, 0.29) is 17.5 Å². The van der Waals surface area contributed by atoms with Gasteiger partial charge in [0.1, 0.15) is 0 Å². The number of thiocarbonyl (C=S) groups is 1. The highest BCUT2D eigenvalue weighted by Crippen LogP contribution is 2.22. The maximum Gasteiger partial charge on any atom is 0.413 e. The summed E-state index contributed by atoms with van der Waals surface area (Å²) in [5.74, 6) is -0.0534. The Bertz CT molecular complexity index is 485. The molecule has 0 atom stereocenters. The molecule has 0 aliphatic heterocycles. The van der Waals surface area contributed by atoms with Gasteiger partial charge >= 0.3 is 6.09 Å². The molecule has 0 fully saturated rings. The largest absolute Gasteiger partial charge is 0.450 e. The number of carbonyl (C=O) groups is 2. The van der Waals surface area contributed by atoms with Crippen molar-refractivity contribution >= 4 is 45.7 Å². The van der Waals surface area contributed by atoms with Gasteiger partial charge in [0.25, 0.3) is 0 Å². The van der Waals surface area contributed by atoms with Crippen LogP contribution in [0.5, 0.6) is 0 Å². The zero-order valence-corrected chi connectivity index (χ0v) is 11.8. The molecule has 0 bridgehead atoms. The Hall–Kier alpha value is -1.54. The third kappa shape index (κ3) is 4.04. The van der Waals surface area contributed by atoms with Crippen molar-refractivity contribution in [1.82, 2.24) is 10.3 Å². The van der Waals surface area contributed by atoms with Crippen molar-refractivity contribution < 1.29 is 14.3 Å². The van der Waals surface area contributed by atoms with Crippen LogP contribution in [0.2, 0.25) is 0 Å².